The van der Waals surface area contributed by atoms with E-state index in [-0.39, 0.29) is 13.0 Å². The quantitative estimate of drug-likeness (QED) is 0.492. The largest absolute Gasteiger partial charge is 0.462 e. The summed E-state index contributed by atoms with van der Waals surface area (Å²) in [7, 11) is 0. The number of alkyl halides is 1. The lowest BCUT2D eigenvalue weighted by molar-refractivity contribution is 0.0494. The summed E-state index contributed by atoms with van der Waals surface area (Å²) in [5.74, 6) is -0.523. The molecule has 15 heavy (non-hydrogen) atoms. The fourth-order valence-corrected chi connectivity index (χ4v) is 1.14. The molecular formula is C10H11ClFNO2. The van der Waals surface area contributed by atoms with Gasteiger partial charge in [-0.25, -0.2) is 4.79 Å². The second kappa shape index (κ2) is 5.56. The van der Waals surface area contributed by atoms with Crippen molar-refractivity contribution in [2.24, 2.45) is 0 Å². The van der Waals surface area contributed by atoms with Crippen LogP contribution in [0.15, 0.2) is 18.2 Å². The van der Waals surface area contributed by atoms with E-state index in [0.29, 0.717) is 16.3 Å². The Hall–Kier alpha value is -1.29. The Kier molecular flexibility index (Phi) is 4.37. The molecule has 5 heteroatoms. The fraction of sp³-hybridized carbons (Fsp3) is 0.300. The normalized spacial score (nSPS) is 10.0. The maximum atomic E-state index is 11.7. The lowest BCUT2D eigenvalue weighted by atomic mass is 10.2. The summed E-state index contributed by atoms with van der Waals surface area (Å²) < 4.78 is 16.5. The number of hydrogen-bond acceptors (Lipinski definition) is 3. The highest BCUT2D eigenvalue weighted by atomic mass is 35.5. The van der Waals surface area contributed by atoms with Crippen LogP contribution >= 0.6 is 11.6 Å². The molecule has 0 unspecified atom stereocenters. The van der Waals surface area contributed by atoms with Crippen LogP contribution < -0.4 is 5.73 Å². The van der Waals surface area contributed by atoms with E-state index < -0.39 is 12.6 Å². The van der Waals surface area contributed by atoms with Gasteiger partial charge >= 0.3 is 5.97 Å². The first-order chi connectivity index (χ1) is 7.15. The van der Waals surface area contributed by atoms with Crippen molar-refractivity contribution >= 4 is 23.3 Å². The predicted octanol–water partition coefficient (Wildman–Crippen LogP) is 2.44. The topological polar surface area (TPSA) is 52.3 Å². The summed E-state index contributed by atoms with van der Waals surface area (Å²) >= 11 is 5.73. The second-order valence-corrected chi connectivity index (χ2v) is 3.32. The van der Waals surface area contributed by atoms with Gasteiger partial charge in [0.25, 0.3) is 0 Å². The number of ether oxygens (including phenoxy) is 1. The first-order valence-corrected chi connectivity index (χ1v) is 4.81. The van der Waals surface area contributed by atoms with Gasteiger partial charge < -0.3 is 10.5 Å². The van der Waals surface area contributed by atoms with Gasteiger partial charge in [0.05, 0.1) is 29.6 Å². The Balaban J connectivity index is 2.62. The number of carbonyl (C=O) groups excluding carboxylic acids is 1. The smallest absolute Gasteiger partial charge is 0.338 e. The third-order valence-corrected chi connectivity index (χ3v) is 2.07. The zero-order valence-corrected chi connectivity index (χ0v) is 8.76. The Labute approximate surface area is 92.0 Å². The van der Waals surface area contributed by atoms with Crippen molar-refractivity contribution in [3.05, 3.63) is 28.8 Å². The highest BCUT2D eigenvalue weighted by Gasteiger charge is 2.08. The van der Waals surface area contributed by atoms with Crippen LogP contribution in [0.4, 0.5) is 10.1 Å². The minimum Gasteiger partial charge on any atom is -0.462 e. The molecule has 0 aliphatic rings. The van der Waals surface area contributed by atoms with Crippen LogP contribution in [0.3, 0.4) is 0 Å². The molecule has 0 spiro atoms. The number of rotatable bonds is 4. The van der Waals surface area contributed by atoms with Gasteiger partial charge in [-0.15, -0.1) is 0 Å². The molecule has 0 amide bonds. The van der Waals surface area contributed by atoms with E-state index in [4.69, 9.17) is 22.1 Å². The molecule has 1 rings (SSSR count). The van der Waals surface area contributed by atoms with Gasteiger partial charge in [0.1, 0.15) is 0 Å². The third kappa shape index (κ3) is 3.40. The van der Waals surface area contributed by atoms with E-state index in [1.165, 1.54) is 18.2 Å². The number of nitrogens with two attached hydrogens (primary N) is 1. The molecule has 0 radical (unpaired) electrons. The van der Waals surface area contributed by atoms with Crippen molar-refractivity contribution < 1.29 is 13.9 Å². The van der Waals surface area contributed by atoms with E-state index in [0.717, 1.165) is 0 Å². The monoisotopic (exact) mass is 231 g/mol. The van der Waals surface area contributed by atoms with E-state index in [2.05, 4.69) is 0 Å². The van der Waals surface area contributed by atoms with Crippen molar-refractivity contribution in [2.45, 2.75) is 6.42 Å². The van der Waals surface area contributed by atoms with Gasteiger partial charge in [-0.2, -0.15) is 0 Å². The van der Waals surface area contributed by atoms with Gasteiger partial charge in [-0.1, -0.05) is 11.6 Å². The van der Waals surface area contributed by atoms with Gasteiger partial charge in [0.15, 0.2) is 0 Å². The average molecular weight is 232 g/mol. The Morgan fingerprint density at radius 3 is 2.87 bits per heavy atom. The van der Waals surface area contributed by atoms with Crippen LogP contribution in [0, 0.1) is 0 Å². The van der Waals surface area contributed by atoms with E-state index in [1.54, 1.807) is 0 Å². The number of anilines is 1. The van der Waals surface area contributed by atoms with Gasteiger partial charge in [-0.3, -0.25) is 4.39 Å². The van der Waals surface area contributed by atoms with Gasteiger partial charge in [-0.05, 0) is 18.2 Å². The van der Waals surface area contributed by atoms with Crippen molar-refractivity contribution in [3.63, 3.8) is 0 Å². The molecule has 0 aliphatic heterocycles. The molecule has 82 valence electrons. The molecule has 1 aromatic rings. The molecule has 0 saturated heterocycles. The number of esters is 1. The summed E-state index contributed by atoms with van der Waals surface area (Å²) in [6, 6.07) is 4.46. The molecule has 0 aromatic heterocycles. The van der Waals surface area contributed by atoms with Crippen molar-refractivity contribution in [1.29, 1.82) is 0 Å². The predicted molar refractivity (Wildman–Crippen MR) is 56.7 cm³/mol. The van der Waals surface area contributed by atoms with E-state index in [9.17, 15) is 9.18 Å². The highest BCUT2D eigenvalue weighted by Crippen LogP contribution is 2.20. The Morgan fingerprint density at radius 1 is 1.53 bits per heavy atom. The van der Waals surface area contributed by atoms with Crippen LogP contribution in [0.25, 0.3) is 0 Å². The lowest BCUT2D eigenvalue weighted by Crippen LogP contribution is -2.07. The standard InChI is InChI=1S/C10H11ClFNO2/c11-8-6-7(2-3-9(8)13)10(14)15-5-1-4-12/h2-3,6H,1,4-5,13H2. The average Bonchev–Trinajstić information content (AvgIpc) is 2.22. The number of carbonyl (C=O) groups is 1. The molecule has 0 saturated carbocycles. The molecular weight excluding hydrogens is 221 g/mol. The van der Waals surface area contributed by atoms with Gasteiger partial charge in [0.2, 0.25) is 0 Å². The maximum absolute atomic E-state index is 11.7. The second-order valence-electron chi connectivity index (χ2n) is 2.91. The minimum absolute atomic E-state index is 0.0668. The molecule has 0 atom stereocenters. The number of hydrogen-bond donors (Lipinski definition) is 1. The summed E-state index contributed by atoms with van der Waals surface area (Å²) in [5, 5.41) is 0.301. The molecule has 2 N–H and O–H groups in total. The van der Waals surface area contributed by atoms with Crippen LogP contribution in [0.2, 0.25) is 5.02 Å². The van der Waals surface area contributed by atoms with Crippen LogP contribution in [0.1, 0.15) is 16.8 Å². The Morgan fingerprint density at radius 2 is 2.27 bits per heavy atom. The summed E-state index contributed by atoms with van der Waals surface area (Å²) in [6.07, 6.45) is 0.203. The van der Waals surface area contributed by atoms with Crippen molar-refractivity contribution in [1.82, 2.24) is 0 Å². The molecule has 0 heterocycles. The maximum Gasteiger partial charge on any atom is 0.338 e. The van der Waals surface area contributed by atoms with Crippen molar-refractivity contribution in [2.75, 3.05) is 19.0 Å². The zero-order valence-electron chi connectivity index (χ0n) is 8.00. The van der Waals surface area contributed by atoms with Gasteiger partial charge in [0, 0.05) is 6.42 Å². The molecule has 3 nitrogen and oxygen atoms in total. The number of halogens is 2. The summed E-state index contributed by atoms with van der Waals surface area (Å²) in [4.78, 5) is 11.3. The van der Waals surface area contributed by atoms with E-state index in [1.807, 2.05) is 0 Å². The summed E-state index contributed by atoms with van der Waals surface area (Å²) in [5.41, 5.74) is 6.19. The van der Waals surface area contributed by atoms with Crippen molar-refractivity contribution in [3.8, 4) is 0 Å². The van der Waals surface area contributed by atoms with Crippen LogP contribution in [-0.2, 0) is 4.74 Å². The lowest BCUT2D eigenvalue weighted by Gasteiger charge is -2.04. The number of nitrogen functional groups attached to an aromatic ring is 1. The first kappa shape index (κ1) is 11.8. The van der Waals surface area contributed by atoms with E-state index >= 15 is 0 Å². The first-order valence-electron chi connectivity index (χ1n) is 4.43. The molecule has 0 aliphatic carbocycles. The fourth-order valence-electron chi connectivity index (χ4n) is 0.957. The van der Waals surface area contributed by atoms with Crippen LogP contribution in [0.5, 0.6) is 0 Å². The van der Waals surface area contributed by atoms with Crippen LogP contribution in [-0.4, -0.2) is 19.3 Å². The highest BCUT2D eigenvalue weighted by molar-refractivity contribution is 6.33. The summed E-state index contributed by atoms with van der Waals surface area (Å²) in [6.45, 7) is -0.437. The Bertz CT molecular complexity index is 357. The molecule has 0 bridgehead atoms. The molecule has 0 fully saturated rings. The molecule has 1 aromatic carbocycles. The number of benzene rings is 1. The third-order valence-electron chi connectivity index (χ3n) is 1.75. The SMILES string of the molecule is Nc1ccc(C(=O)OCCCF)cc1Cl. The zero-order chi connectivity index (χ0) is 11.3. The minimum atomic E-state index is -0.523.